The van der Waals surface area contributed by atoms with E-state index in [1.54, 1.807) is 12.1 Å². The number of hydrogen-bond donors (Lipinski definition) is 2. The standard InChI is InChI=1S/C13H24N4O2S/c1-4-5-17(7-6-16(2)3)12-8-11(14)9-13(10-12)20(15,18)19/h8-10H,4-7,14H2,1-3H3,(H2,15,18,19). The molecule has 1 rings (SSSR count). The van der Waals surface area contributed by atoms with Crippen LogP contribution in [0.25, 0.3) is 0 Å². The molecule has 0 aliphatic rings. The first-order valence-electron chi connectivity index (χ1n) is 6.57. The number of sulfonamides is 1. The number of anilines is 2. The third kappa shape index (κ3) is 4.99. The second-order valence-corrected chi connectivity index (χ2v) is 6.66. The Morgan fingerprint density at radius 2 is 1.75 bits per heavy atom. The highest BCUT2D eigenvalue weighted by molar-refractivity contribution is 7.89. The number of nitrogens with zero attached hydrogens (tertiary/aromatic N) is 2. The molecule has 0 atom stereocenters. The van der Waals surface area contributed by atoms with Crippen LogP contribution >= 0.6 is 0 Å². The van der Waals surface area contributed by atoms with E-state index in [1.807, 2.05) is 14.1 Å². The van der Waals surface area contributed by atoms with E-state index in [9.17, 15) is 8.42 Å². The zero-order valence-electron chi connectivity index (χ0n) is 12.3. The molecule has 0 unspecified atom stereocenters. The lowest BCUT2D eigenvalue weighted by Gasteiger charge is -2.26. The van der Waals surface area contributed by atoms with Crippen molar-refractivity contribution in [3.05, 3.63) is 18.2 Å². The fraction of sp³-hybridized carbons (Fsp3) is 0.538. The summed E-state index contributed by atoms with van der Waals surface area (Å²) in [6.07, 6.45) is 0.965. The second-order valence-electron chi connectivity index (χ2n) is 5.10. The third-order valence-electron chi connectivity index (χ3n) is 2.92. The van der Waals surface area contributed by atoms with E-state index in [1.165, 1.54) is 6.07 Å². The van der Waals surface area contributed by atoms with Crippen LogP contribution in [-0.4, -0.2) is 47.0 Å². The van der Waals surface area contributed by atoms with Gasteiger partial charge < -0.3 is 15.5 Å². The zero-order valence-corrected chi connectivity index (χ0v) is 13.2. The molecule has 6 nitrogen and oxygen atoms in total. The Morgan fingerprint density at radius 1 is 1.10 bits per heavy atom. The summed E-state index contributed by atoms with van der Waals surface area (Å²) in [5.41, 5.74) is 6.98. The summed E-state index contributed by atoms with van der Waals surface area (Å²) in [6, 6.07) is 4.74. The average molecular weight is 300 g/mol. The van der Waals surface area contributed by atoms with Gasteiger partial charge in [0.2, 0.25) is 10.0 Å². The average Bonchev–Trinajstić information content (AvgIpc) is 2.32. The number of hydrogen-bond acceptors (Lipinski definition) is 5. The van der Waals surface area contributed by atoms with Gasteiger partial charge in [0.15, 0.2) is 0 Å². The van der Waals surface area contributed by atoms with Gasteiger partial charge >= 0.3 is 0 Å². The molecule has 0 heterocycles. The summed E-state index contributed by atoms with van der Waals surface area (Å²) in [5.74, 6) is 0. The fourth-order valence-electron chi connectivity index (χ4n) is 1.91. The first kappa shape index (κ1) is 16.7. The Kier molecular flexibility index (Phi) is 5.79. The molecule has 0 saturated carbocycles. The van der Waals surface area contributed by atoms with Gasteiger partial charge in [-0.1, -0.05) is 6.92 Å². The van der Waals surface area contributed by atoms with Crippen molar-refractivity contribution in [3.8, 4) is 0 Å². The van der Waals surface area contributed by atoms with Crippen molar-refractivity contribution in [1.82, 2.24) is 4.90 Å². The van der Waals surface area contributed by atoms with Crippen molar-refractivity contribution in [2.75, 3.05) is 44.4 Å². The SMILES string of the molecule is CCCN(CCN(C)C)c1cc(N)cc(S(N)(=O)=O)c1. The van der Waals surface area contributed by atoms with Crippen molar-refractivity contribution >= 4 is 21.4 Å². The smallest absolute Gasteiger partial charge is 0.238 e. The largest absolute Gasteiger partial charge is 0.399 e. The van der Waals surface area contributed by atoms with Crippen LogP contribution in [0.4, 0.5) is 11.4 Å². The molecule has 114 valence electrons. The predicted molar refractivity (Wildman–Crippen MR) is 83.3 cm³/mol. The fourth-order valence-corrected chi connectivity index (χ4v) is 2.50. The molecular weight excluding hydrogens is 276 g/mol. The minimum Gasteiger partial charge on any atom is -0.399 e. The third-order valence-corrected chi connectivity index (χ3v) is 3.81. The molecule has 0 bridgehead atoms. The summed E-state index contributed by atoms with van der Waals surface area (Å²) in [7, 11) is 0.254. The second kappa shape index (κ2) is 6.92. The number of likely N-dealkylation sites (N-methyl/N-ethyl adjacent to an activating group) is 1. The number of primary sulfonamides is 1. The van der Waals surface area contributed by atoms with Crippen molar-refractivity contribution < 1.29 is 8.42 Å². The van der Waals surface area contributed by atoms with Gasteiger partial charge in [-0.3, -0.25) is 0 Å². The first-order valence-corrected chi connectivity index (χ1v) is 8.11. The van der Waals surface area contributed by atoms with Crippen molar-refractivity contribution in [2.45, 2.75) is 18.2 Å². The van der Waals surface area contributed by atoms with Crippen LogP contribution in [0, 0.1) is 0 Å². The van der Waals surface area contributed by atoms with E-state index >= 15 is 0 Å². The van der Waals surface area contributed by atoms with Crippen LogP contribution in [0.5, 0.6) is 0 Å². The molecule has 1 aromatic rings. The highest BCUT2D eigenvalue weighted by atomic mass is 32.2. The predicted octanol–water partition coefficient (Wildman–Crippen LogP) is 0.694. The normalized spacial score (nSPS) is 11.8. The molecular formula is C13H24N4O2S. The van der Waals surface area contributed by atoms with Crippen molar-refractivity contribution in [3.63, 3.8) is 0 Å². The van der Waals surface area contributed by atoms with Crippen molar-refractivity contribution in [1.29, 1.82) is 0 Å². The molecule has 0 aromatic heterocycles. The summed E-state index contributed by atoms with van der Waals surface area (Å²) in [6.45, 7) is 4.59. The van der Waals surface area contributed by atoms with Crippen LogP contribution in [0.1, 0.15) is 13.3 Å². The summed E-state index contributed by atoms with van der Waals surface area (Å²) in [5, 5.41) is 5.18. The van der Waals surface area contributed by atoms with Gasteiger partial charge in [0.25, 0.3) is 0 Å². The van der Waals surface area contributed by atoms with E-state index in [2.05, 4.69) is 16.7 Å². The van der Waals surface area contributed by atoms with Crippen LogP contribution in [0.3, 0.4) is 0 Å². The molecule has 0 amide bonds. The number of nitrogens with two attached hydrogens (primary N) is 2. The quantitative estimate of drug-likeness (QED) is 0.723. The number of benzene rings is 1. The molecule has 20 heavy (non-hydrogen) atoms. The Morgan fingerprint density at radius 3 is 2.25 bits per heavy atom. The van der Waals surface area contributed by atoms with Gasteiger partial charge in [0, 0.05) is 31.0 Å². The lowest BCUT2D eigenvalue weighted by Crippen LogP contribution is -2.32. The first-order chi connectivity index (χ1) is 9.24. The summed E-state index contributed by atoms with van der Waals surface area (Å²) >= 11 is 0. The van der Waals surface area contributed by atoms with E-state index in [4.69, 9.17) is 10.9 Å². The molecule has 0 aliphatic heterocycles. The van der Waals surface area contributed by atoms with Gasteiger partial charge in [-0.15, -0.1) is 0 Å². The van der Waals surface area contributed by atoms with E-state index in [0.717, 1.165) is 31.7 Å². The lowest BCUT2D eigenvalue weighted by molar-refractivity contribution is 0.413. The van der Waals surface area contributed by atoms with Crippen molar-refractivity contribution in [2.24, 2.45) is 5.14 Å². The Balaban J connectivity index is 3.09. The molecule has 0 radical (unpaired) electrons. The van der Waals surface area contributed by atoms with E-state index < -0.39 is 10.0 Å². The zero-order chi connectivity index (χ0) is 15.3. The highest BCUT2D eigenvalue weighted by Gasteiger charge is 2.13. The molecule has 1 aromatic carbocycles. The summed E-state index contributed by atoms with van der Waals surface area (Å²) in [4.78, 5) is 4.25. The van der Waals surface area contributed by atoms with Gasteiger partial charge in [-0.2, -0.15) is 0 Å². The van der Waals surface area contributed by atoms with Gasteiger partial charge in [0.1, 0.15) is 0 Å². The minimum atomic E-state index is -3.74. The van der Waals surface area contributed by atoms with Crippen LogP contribution in [0.15, 0.2) is 23.1 Å². The van der Waals surface area contributed by atoms with Crippen LogP contribution in [0.2, 0.25) is 0 Å². The Hall–Kier alpha value is -1.31. The monoisotopic (exact) mass is 300 g/mol. The maximum Gasteiger partial charge on any atom is 0.238 e. The maximum atomic E-state index is 11.5. The van der Waals surface area contributed by atoms with Gasteiger partial charge in [-0.05, 0) is 38.7 Å². The molecule has 0 saturated heterocycles. The molecule has 0 spiro atoms. The van der Waals surface area contributed by atoms with E-state index in [-0.39, 0.29) is 4.90 Å². The summed E-state index contributed by atoms with van der Waals surface area (Å²) < 4.78 is 23.0. The van der Waals surface area contributed by atoms with Crippen LogP contribution < -0.4 is 15.8 Å². The Labute approximate surface area is 121 Å². The lowest BCUT2D eigenvalue weighted by atomic mass is 10.2. The molecule has 4 N–H and O–H groups in total. The van der Waals surface area contributed by atoms with Gasteiger partial charge in [0.05, 0.1) is 4.90 Å². The highest BCUT2D eigenvalue weighted by Crippen LogP contribution is 2.23. The maximum absolute atomic E-state index is 11.5. The topological polar surface area (TPSA) is 92.7 Å². The van der Waals surface area contributed by atoms with Gasteiger partial charge in [-0.25, -0.2) is 13.6 Å². The number of nitrogen functional groups attached to an aromatic ring is 1. The molecule has 7 heteroatoms. The van der Waals surface area contributed by atoms with Crippen LogP contribution in [-0.2, 0) is 10.0 Å². The molecule has 0 aliphatic carbocycles. The van der Waals surface area contributed by atoms with E-state index in [0.29, 0.717) is 5.69 Å². The Bertz CT molecular complexity index is 543. The molecule has 0 fully saturated rings. The number of rotatable bonds is 7. The minimum absolute atomic E-state index is 0.0541.